The molecule has 118 valence electrons. The predicted octanol–water partition coefficient (Wildman–Crippen LogP) is 3.58. The second kappa shape index (κ2) is 6.56. The first-order valence-corrected chi connectivity index (χ1v) is 7.74. The van der Waals surface area contributed by atoms with Gasteiger partial charge in [-0.05, 0) is 19.1 Å². The van der Waals surface area contributed by atoms with Crippen LogP contribution in [0.4, 0.5) is 8.78 Å². The Morgan fingerprint density at radius 3 is 2.45 bits per heavy atom. The third-order valence-electron chi connectivity index (χ3n) is 3.23. The molecule has 0 bridgehead atoms. The molecule has 0 fully saturated rings. The number of benzene rings is 1. The molecule has 1 atom stereocenters. The van der Waals surface area contributed by atoms with Crippen LogP contribution in [0, 0.1) is 11.6 Å². The van der Waals surface area contributed by atoms with Crippen LogP contribution in [0.15, 0.2) is 23.4 Å². The number of aromatic nitrogens is 3. The average Bonchev–Trinajstić information content (AvgIpc) is 2.79. The van der Waals surface area contributed by atoms with Gasteiger partial charge in [0.15, 0.2) is 10.9 Å². The Labute approximate surface area is 131 Å². The quantitative estimate of drug-likeness (QED) is 0.623. The van der Waals surface area contributed by atoms with E-state index in [0.29, 0.717) is 11.2 Å². The minimum absolute atomic E-state index is 0.118. The lowest BCUT2D eigenvalue weighted by molar-refractivity contribution is 0.0990. The van der Waals surface area contributed by atoms with E-state index in [0.717, 1.165) is 11.9 Å². The van der Waals surface area contributed by atoms with Crippen LogP contribution in [-0.4, -0.2) is 25.8 Å². The van der Waals surface area contributed by atoms with E-state index >= 15 is 0 Å². The molecule has 0 N–H and O–H groups in total. The molecule has 0 saturated carbocycles. The summed E-state index contributed by atoms with van der Waals surface area (Å²) in [4.78, 5) is 12.3. The van der Waals surface area contributed by atoms with Crippen LogP contribution in [0.2, 0.25) is 0 Å². The molecule has 22 heavy (non-hydrogen) atoms. The molecule has 1 heterocycles. The maximum absolute atomic E-state index is 13.7. The molecular formula is C15H17F2N3OS. The minimum Gasteiger partial charge on any atom is -0.309 e. The summed E-state index contributed by atoms with van der Waals surface area (Å²) in [7, 11) is 1.83. The van der Waals surface area contributed by atoms with E-state index < -0.39 is 22.7 Å². The number of thioether (sulfide) groups is 1. The summed E-state index contributed by atoms with van der Waals surface area (Å²) in [6.07, 6.45) is 0. The summed E-state index contributed by atoms with van der Waals surface area (Å²) < 4.78 is 28.4. The van der Waals surface area contributed by atoms with E-state index in [1.807, 2.05) is 25.5 Å². The van der Waals surface area contributed by atoms with Gasteiger partial charge in [-0.15, -0.1) is 10.2 Å². The van der Waals surface area contributed by atoms with E-state index in [1.54, 1.807) is 6.92 Å². The van der Waals surface area contributed by atoms with Crippen LogP contribution < -0.4 is 0 Å². The molecule has 1 aromatic carbocycles. The summed E-state index contributed by atoms with van der Waals surface area (Å²) in [5, 5.41) is 8.18. The summed E-state index contributed by atoms with van der Waals surface area (Å²) in [5.41, 5.74) is -0.118. The highest BCUT2D eigenvalue weighted by atomic mass is 32.2. The molecule has 0 aliphatic rings. The Bertz CT molecular complexity index is 700. The van der Waals surface area contributed by atoms with Crippen LogP contribution in [-0.2, 0) is 7.05 Å². The Morgan fingerprint density at radius 1 is 1.23 bits per heavy atom. The van der Waals surface area contributed by atoms with Crippen LogP contribution in [0.1, 0.15) is 42.9 Å². The van der Waals surface area contributed by atoms with Gasteiger partial charge in [0.25, 0.3) is 0 Å². The molecule has 0 saturated heterocycles. The Kier molecular flexibility index (Phi) is 4.95. The SMILES string of the molecule is CC(Sc1nnc(C(C)C)n1C)C(=O)c1ccc(F)cc1F. The average molecular weight is 325 g/mol. The zero-order chi connectivity index (χ0) is 16.4. The molecule has 0 radical (unpaired) electrons. The molecule has 1 unspecified atom stereocenters. The van der Waals surface area contributed by atoms with Crippen molar-refractivity contribution in [3.05, 3.63) is 41.2 Å². The van der Waals surface area contributed by atoms with Crippen molar-refractivity contribution in [3.8, 4) is 0 Å². The van der Waals surface area contributed by atoms with Crippen molar-refractivity contribution in [3.63, 3.8) is 0 Å². The number of hydrogen-bond acceptors (Lipinski definition) is 4. The highest BCUT2D eigenvalue weighted by Gasteiger charge is 2.23. The van der Waals surface area contributed by atoms with E-state index in [4.69, 9.17) is 0 Å². The van der Waals surface area contributed by atoms with Gasteiger partial charge in [-0.1, -0.05) is 25.6 Å². The van der Waals surface area contributed by atoms with E-state index in [9.17, 15) is 13.6 Å². The molecule has 2 aromatic rings. The zero-order valence-electron chi connectivity index (χ0n) is 12.8. The van der Waals surface area contributed by atoms with Gasteiger partial charge in [-0.25, -0.2) is 8.78 Å². The van der Waals surface area contributed by atoms with E-state index in [1.165, 1.54) is 17.8 Å². The second-order valence-electron chi connectivity index (χ2n) is 5.30. The van der Waals surface area contributed by atoms with E-state index in [2.05, 4.69) is 10.2 Å². The normalized spacial score (nSPS) is 12.7. The summed E-state index contributed by atoms with van der Waals surface area (Å²) in [6, 6.07) is 2.96. The summed E-state index contributed by atoms with van der Waals surface area (Å²) >= 11 is 1.20. The Morgan fingerprint density at radius 2 is 1.91 bits per heavy atom. The van der Waals surface area contributed by atoms with Gasteiger partial charge in [-0.2, -0.15) is 0 Å². The third-order valence-corrected chi connectivity index (χ3v) is 4.37. The number of ketones is 1. The smallest absolute Gasteiger partial charge is 0.191 e. The third kappa shape index (κ3) is 3.35. The van der Waals surface area contributed by atoms with Gasteiger partial charge >= 0.3 is 0 Å². The predicted molar refractivity (Wildman–Crippen MR) is 81.1 cm³/mol. The lowest BCUT2D eigenvalue weighted by atomic mass is 10.1. The van der Waals surface area contributed by atoms with Crippen LogP contribution in [0.25, 0.3) is 0 Å². The molecule has 7 heteroatoms. The molecule has 2 rings (SSSR count). The van der Waals surface area contributed by atoms with Gasteiger partial charge in [0.2, 0.25) is 0 Å². The largest absolute Gasteiger partial charge is 0.309 e. The van der Waals surface area contributed by atoms with Gasteiger partial charge in [0, 0.05) is 19.0 Å². The number of hydrogen-bond donors (Lipinski definition) is 0. The number of carbonyl (C=O) groups is 1. The summed E-state index contributed by atoms with van der Waals surface area (Å²) in [6.45, 7) is 5.67. The monoisotopic (exact) mass is 325 g/mol. The molecule has 4 nitrogen and oxygen atoms in total. The highest BCUT2D eigenvalue weighted by molar-refractivity contribution is 8.00. The fourth-order valence-corrected chi connectivity index (χ4v) is 2.94. The van der Waals surface area contributed by atoms with Gasteiger partial charge in [0.05, 0.1) is 10.8 Å². The first-order chi connectivity index (χ1) is 10.3. The number of halogens is 2. The highest BCUT2D eigenvalue weighted by Crippen LogP contribution is 2.26. The maximum Gasteiger partial charge on any atom is 0.191 e. The standard InChI is InChI=1S/C15H17F2N3OS/c1-8(2)14-18-19-15(20(14)4)22-9(3)13(21)11-6-5-10(16)7-12(11)17/h5-9H,1-4H3. The van der Waals surface area contributed by atoms with E-state index in [-0.39, 0.29) is 11.5 Å². The van der Waals surface area contributed by atoms with Crippen molar-refractivity contribution >= 4 is 17.5 Å². The minimum atomic E-state index is -0.849. The van der Waals surface area contributed by atoms with Crippen molar-refractivity contribution in [1.29, 1.82) is 0 Å². The molecule has 0 spiro atoms. The van der Waals surface area contributed by atoms with Crippen molar-refractivity contribution in [2.75, 3.05) is 0 Å². The van der Waals surface area contributed by atoms with Gasteiger partial charge < -0.3 is 4.57 Å². The first kappa shape index (κ1) is 16.6. The summed E-state index contributed by atoms with van der Waals surface area (Å²) in [5.74, 6) is -0.929. The maximum atomic E-state index is 13.7. The molecule has 0 amide bonds. The number of rotatable bonds is 5. The fraction of sp³-hybridized carbons (Fsp3) is 0.400. The molecular weight excluding hydrogens is 308 g/mol. The fourth-order valence-electron chi connectivity index (χ4n) is 2.05. The Balaban J connectivity index is 2.18. The van der Waals surface area contributed by atoms with Crippen LogP contribution in [0.5, 0.6) is 0 Å². The first-order valence-electron chi connectivity index (χ1n) is 6.86. The second-order valence-corrected chi connectivity index (χ2v) is 6.61. The van der Waals surface area contributed by atoms with Gasteiger partial charge in [0.1, 0.15) is 17.5 Å². The van der Waals surface area contributed by atoms with Crippen LogP contribution >= 0.6 is 11.8 Å². The zero-order valence-corrected chi connectivity index (χ0v) is 13.6. The Hall–Kier alpha value is -1.76. The molecule has 1 aromatic heterocycles. The molecule has 0 aliphatic carbocycles. The van der Waals surface area contributed by atoms with Gasteiger partial charge in [-0.3, -0.25) is 4.79 Å². The van der Waals surface area contributed by atoms with Crippen molar-refractivity contribution < 1.29 is 13.6 Å². The lowest BCUT2D eigenvalue weighted by Gasteiger charge is -2.11. The van der Waals surface area contributed by atoms with Crippen molar-refractivity contribution in [1.82, 2.24) is 14.8 Å². The lowest BCUT2D eigenvalue weighted by Crippen LogP contribution is -2.16. The number of Topliss-reactive ketones (excluding diaryl/α,β-unsaturated/α-hetero) is 1. The molecule has 0 aliphatic heterocycles. The topological polar surface area (TPSA) is 47.8 Å². The van der Waals surface area contributed by atoms with Crippen molar-refractivity contribution in [2.24, 2.45) is 7.05 Å². The number of nitrogens with zero attached hydrogens (tertiary/aromatic N) is 3. The van der Waals surface area contributed by atoms with Crippen LogP contribution in [0.3, 0.4) is 0 Å². The van der Waals surface area contributed by atoms with Crippen molar-refractivity contribution in [2.45, 2.75) is 37.1 Å². The number of carbonyl (C=O) groups excluding carboxylic acids is 1.